The van der Waals surface area contributed by atoms with Gasteiger partial charge < -0.3 is 4.57 Å². The van der Waals surface area contributed by atoms with Crippen molar-refractivity contribution in [1.29, 1.82) is 0 Å². The molecule has 1 fully saturated rings. The summed E-state index contributed by atoms with van der Waals surface area (Å²) in [5.74, 6) is -0.420. The van der Waals surface area contributed by atoms with Gasteiger partial charge in [-0.05, 0) is 36.7 Å². The van der Waals surface area contributed by atoms with Crippen molar-refractivity contribution in [1.82, 2.24) is 14.8 Å². The van der Waals surface area contributed by atoms with Gasteiger partial charge in [-0.3, -0.25) is 5.10 Å². The maximum atomic E-state index is 13.6. The highest BCUT2D eigenvalue weighted by Crippen LogP contribution is 2.36. The molecule has 1 aromatic heterocycles. The third-order valence-corrected chi connectivity index (χ3v) is 3.34. The van der Waals surface area contributed by atoms with E-state index < -0.39 is 11.6 Å². The second-order valence-corrected chi connectivity index (χ2v) is 4.85. The monoisotopic (exact) mass is 267 g/mol. The lowest BCUT2D eigenvalue weighted by Crippen LogP contribution is -2.04. The molecule has 94 valence electrons. The predicted octanol–water partition coefficient (Wildman–Crippen LogP) is 3.14. The Balaban J connectivity index is 1.94. The van der Waals surface area contributed by atoms with E-state index in [1.807, 2.05) is 4.57 Å². The first-order valence-electron chi connectivity index (χ1n) is 5.75. The standard InChI is InChI=1S/C12H11F2N3S/c13-8-2-1-7(10(14)6-8)5-11-15-16-12(18)17(11)9-3-4-9/h1-2,6,9H,3-5H2,(H,16,18). The van der Waals surface area contributed by atoms with E-state index in [0.717, 1.165) is 18.9 Å². The summed E-state index contributed by atoms with van der Waals surface area (Å²) >= 11 is 5.15. The van der Waals surface area contributed by atoms with Crippen molar-refractivity contribution in [3.63, 3.8) is 0 Å². The molecule has 18 heavy (non-hydrogen) atoms. The van der Waals surface area contributed by atoms with Crippen LogP contribution < -0.4 is 0 Å². The number of benzene rings is 1. The molecule has 0 radical (unpaired) electrons. The van der Waals surface area contributed by atoms with E-state index in [-0.39, 0.29) is 0 Å². The van der Waals surface area contributed by atoms with E-state index in [9.17, 15) is 8.78 Å². The lowest BCUT2D eigenvalue weighted by molar-refractivity contribution is 0.571. The van der Waals surface area contributed by atoms with Crippen LogP contribution in [-0.4, -0.2) is 14.8 Å². The van der Waals surface area contributed by atoms with Gasteiger partial charge in [-0.15, -0.1) is 0 Å². The Labute approximate surface area is 107 Å². The van der Waals surface area contributed by atoms with E-state index >= 15 is 0 Å². The van der Waals surface area contributed by atoms with Crippen LogP contribution >= 0.6 is 12.2 Å². The van der Waals surface area contributed by atoms with E-state index in [0.29, 0.717) is 28.6 Å². The van der Waals surface area contributed by atoms with Crippen molar-refractivity contribution < 1.29 is 8.78 Å². The average Bonchev–Trinajstić information content (AvgIpc) is 3.08. The van der Waals surface area contributed by atoms with Gasteiger partial charge in [-0.25, -0.2) is 8.78 Å². The second-order valence-electron chi connectivity index (χ2n) is 4.46. The van der Waals surface area contributed by atoms with Gasteiger partial charge in [-0.1, -0.05) is 6.07 Å². The third kappa shape index (κ3) is 2.08. The molecule has 1 heterocycles. The normalized spacial score (nSPS) is 15.0. The van der Waals surface area contributed by atoms with Gasteiger partial charge in [0.15, 0.2) is 4.77 Å². The first-order chi connectivity index (χ1) is 8.65. The summed E-state index contributed by atoms with van der Waals surface area (Å²) in [6, 6.07) is 3.97. The molecule has 1 aliphatic carbocycles. The van der Waals surface area contributed by atoms with E-state index in [2.05, 4.69) is 10.2 Å². The van der Waals surface area contributed by atoms with Crippen molar-refractivity contribution in [3.05, 3.63) is 46.0 Å². The number of aromatic amines is 1. The number of hydrogen-bond acceptors (Lipinski definition) is 2. The fourth-order valence-electron chi connectivity index (χ4n) is 2.01. The first kappa shape index (κ1) is 11.5. The van der Waals surface area contributed by atoms with Crippen LogP contribution in [0.15, 0.2) is 18.2 Å². The Morgan fingerprint density at radius 2 is 2.17 bits per heavy atom. The van der Waals surface area contributed by atoms with Crippen LogP contribution in [0.1, 0.15) is 30.3 Å². The van der Waals surface area contributed by atoms with Gasteiger partial charge >= 0.3 is 0 Å². The SMILES string of the molecule is Fc1ccc(Cc2n[nH]c(=S)n2C2CC2)c(F)c1. The number of hydrogen-bond donors (Lipinski definition) is 1. The summed E-state index contributed by atoms with van der Waals surface area (Å²) < 4.78 is 28.9. The largest absolute Gasteiger partial charge is 0.301 e. The fraction of sp³-hybridized carbons (Fsp3) is 0.333. The molecule has 0 aliphatic heterocycles. The molecule has 6 heteroatoms. The van der Waals surface area contributed by atoms with E-state index in [1.54, 1.807) is 0 Å². The van der Waals surface area contributed by atoms with Gasteiger partial charge in [0.25, 0.3) is 0 Å². The Kier molecular flexibility index (Phi) is 2.74. The fourth-order valence-corrected chi connectivity index (χ4v) is 2.31. The van der Waals surface area contributed by atoms with Gasteiger partial charge in [-0.2, -0.15) is 5.10 Å². The zero-order chi connectivity index (χ0) is 12.7. The minimum Gasteiger partial charge on any atom is -0.301 e. The minimum atomic E-state index is -0.572. The first-order valence-corrected chi connectivity index (χ1v) is 6.15. The van der Waals surface area contributed by atoms with Gasteiger partial charge in [0.2, 0.25) is 0 Å². The Morgan fingerprint density at radius 1 is 1.39 bits per heavy atom. The van der Waals surface area contributed by atoms with E-state index in [4.69, 9.17) is 12.2 Å². The van der Waals surface area contributed by atoms with Gasteiger partial charge in [0.05, 0.1) is 0 Å². The smallest absolute Gasteiger partial charge is 0.195 e. The molecule has 3 nitrogen and oxygen atoms in total. The molecule has 0 amide bonds. The summed E-state index contributed by atoms with van der Waals surface area (Å²) in [7, 11) is 0. The molecule has 3 rings (SSSR count). The zero-order valence-corrected chi connectivity index (χ0v) is 10.3. The molecule has 0 bridgehead atoms. The quantitative estimate of drug-likeness (QED) is 0.867. The van der Waals surface area contributed by atoms with Crippen molar-refractivity contribution in [3.8, 4) is 0 Å². The molecule has 0 unspecified atom stereocenters. The molecule has 0 saturated heterocycles. The molecule has 1 saturated carbocycles. The van der Waals surface area contributed by atoms with Gasteiger partial charge in [0.1, 0.15) is 17.5 Å². The van der Waals surface area contributed by atoms with Crippen molar-refractivity contribution >= 4 is 12.2 Å². The van der Waals surface area contributed by atoms with Crippen molar-refractivity contribution in [2.75, 3.05) is 0 Å². The molecule has 1 aromatic carbocycles. The van der Waals surface area contributed by atoms with Gasteiger partial charge in [0, 0.05) is 18.5 Å². The summed E-state index contributed by atoms with van der Waals surface area (Å²) in [6.45, 7) is 0. The van der Waals surface area contributed by atoms with Crippen LogP contribution in [-0.2, 0) is 6.42 Å². The highest BCUT2D eigenvalue weighted by molar-refractivity contribution is 7.71. The predicted molar refractivity (Wildman–Crippen MR) is 64.8 cm³/mol. The topological polar surface area (TPSA) is 33.6 Å². The second kappa shape index (κ2) is 4.28. The maximum absolute atomic E-state index is 13.6. The Morgan fingerprint density at radius 3 is 2.83 bits per heavy atom. The molecule has 2 aromatic rings. The van der Waals surface area contributed by atoms with Crippen molar-refractivity contribution in [2.24, 2.45) is 0 Å². The van der Waals surface area contributed by atoms with Crippen LogP contribution in [0.3, 0.4) is 0 Å². The summed E-state index contributed by atoms with van der Waals surface area (Å²) in [5, 5.41) is 6.85. The van der Waals surface area contributed by atoms with Crippen LogP contribution in [0.4, 0.5) is 8.78 Å². The molecule has 0 spiro atoms. The van der Waals surface area contributed by atoms with Crippen LogP contribution in [0, 0.1) is 16.4 Å². The number of aromatic nitrogens is 3. The molecule has 1 N–H and O–H groups in total. The van der Waals surface area contributed by atoms with Crippen LogP contribution in [0.2, 0.25) is 0 Å². The molecular formula is C12H11F2N3S. The molecule has 1 aliphatic rings. The van der Waals surface area contributed by atoms with Crippen LogP contribution in [0.5, 0.6) is 0 Å². The highest BCUT2D eigenvalue weighted by Gasteiger charge is 2.27. The summed E-state index contributed by atoms with van der Waals surface area (Å²) in [5.41, 5.74) is 0.423. The van der Waals surface area contributed by atoms with E-state index in [1.165, 1.54) is 12.1 Å². The number of rotatable bonds is 3. The maximum Gasteiger partial charge on any atom is 0.195 e. The zero-order valence-electron chi connectivity index (χ0n) is 9.49. The number of halogens is 2. The Hall–Kier alpha value is -1.56. The van der Waals surface area contributed by atoms with Crippen molar-refractivity contribution in [2.45, 2.75) is 25.3 Å². The number of H-pyrrole nitrogens is 1. The summed E-state index contributed by atoms with van der Waals surface area (Å²) in [4.78, 5) is 0. The Bertz CT molecular complexity index is 643. The molecule has 0 atom stereocenters. The minimum absolute atomic E-state index is 0.315. The lowest BCUT2D eigenvalue weighted by Gasteiger charge is -2.05. The number of nitrogens with one attached hydrogen (secondary N) is 1. The van der Waals surface area contributed by atoms with Crippen LogP contribution in [0.25, 0.3) is 0 Å². The third-order valence-electron chi connectivity index (χ3n) is 3.05. The average molecular weight is 267 g/mol. The summed E-state index contributed by atoms with van der Waals surface area (Å²) in [6.07, 6.45) is 2.47. The molecular weight excluding hydrogens is 256 g/mol. The number of nitrogens with zero attached hydrogens (tertiary/aromatic N) is 2. The lowest BCUT2D eigenvalue weighted by atomic mass is 10.1. The highest BCUT2D eigenvalue weighted by atomic mass is 32.1.